The molecule has 0 aromatic heterocycles. The molecular weight excluding hydrogens is 412 g/mol. The van der Waals surface area contributed by atoms with Gasteiger partial charge in [-0.1, -0.05) is 6.42 Å². The number of benzene rings is 1. The lowest BCUT2D eigenvalue weighted by atomic mass is 9.83. The quantitative estimate of drug-likeness (QED) is 0.533. The minimum absolute atomic E-state index is 0.102. The first-order chi connectivity index (χ1) is 15.4. The molecule has 172 valence electrons. The molecule has 3 heterocycles. The van der Waals surface area contributed by atoms with Gasteiger partial charge in [-0.25, -0.2) is 9.69 Å². The van der Waals surface area contributed by atoms with E-state index in [4.69, 9.17) is 5.73 Å². The number of primary amides is 1. The molecule has 0 bridgehead atoms. The summed E-state index contributed by atoms with van der Waals surface area (Å²) >= 11 is 0. The van der Waals surface area contributed by atoms with Crippen LogP contribution in [0.3, 0.4) is 0 Å². The third-order valence-electron chi connectivity index (χ3n) is 7.16. The van der Waals surface area contributed by atoms with E-state index in [1.807, 2.05) is 4.90 Å². The third kappa shape index (κ3) is 3.91. The molecule has 1 aromatic carbocycles. The molecule has 0 aliphatic carbocycles. The molecule has 0 saturated carbocycles. The van der Waals surface area contributed by atoms with Crippen molar-refractivity contribution >= 4 is 29.4 Å². The summed E-state index contributed by atoms with van der Waals surface area (Å²) in [5, 5.41) is 0. The van der Waals surface area contributed by atoms with Crippen LogP contribution in [0.15, 0.2) is 24.3 Å². The van der Waals surface area contributed by atoms with Crippen molar-refractivity contribution in [1.82, 2.24) is 9.80 Å². The highest BCUT2D eigenvalue weighted by molar-refractivity contribution is 6.22. The molecule has 9 nitrogen and oxygen atoms in total. The Kier molecular flexibility index (Phi) is 6.30. The standard InChI is InChI=1S/C23H30N4O5/c1-32-21(30)16-5-7-17(8-6-16)27-19(28)15-18(20(27)29)25-13-9-23(10-14-25,22(24)31)26-11-3-2-4-12-26/h5-8,18H,2-4,9-15H2,1H3,(H2,24,31). The van der Waals surface area contributed by atoms with E-state index in [9.17, 15) is 19.2 Å². The monoisotopic (exact) mass is 442 g/mol. The Labute approximate surface area is 187 Å². The second kappa shape index (κ2) is 8.99. The fourth-order valence-corrected chi connectivity index (χ4v) is 5.28. The number of hydrogen-bond acceptors (Lipinski definition) is 7. The number of hydrogen-bond donors (Lipinski definition) is 1. The summed E-state index contributed by atoms with van der Waals surface area (Å²) in [6, 6.07) is 5.69. The smallest absolute Gasteiger partial charge is 0.337 e. The highest BCUT2D eigenvalue weighted by atomic mass is 16.5. The Morgan fingerprint density at radius 1 is 1.00 bits per heavy atom. The molecular formula is C23H30N4O5. The highest BCUT2D eigenvalue weighted by Gasteiger charge is 2.49. The first-order valence-electron chi connectivity index (χ1n) is 11.2. The number of carbonyl (C=O) groups excluding carboxylic acids is 4. The van der Waals surface area contributed by atoms with Crippen LogP contribution in [-0.2, 0) is 19.1 Å². The summed E-state index contributed by atoms with van der Waals surface area (Å²) < 4.78 is 4.69. The summed E-state index contributed by atoms with van der Waals surface area (Å²) in [7, 11) is 1.30. The Morgan fingerprint density at radius 3 is 2.19 bits per heavy atom. The number of ether oxygens (including phenoxy) is 1. The SMILES string of the molecule is COC(=O)c1ccc(N2C(=O)CC(N3CCC(C(N)=O)(N4CCCCC4)CC3)C2=O)cc1. The molecule has 3 aliphatic heterocycles. The summed E-state index contributed by atoms with van der Waals surface area (Å²) in [5.41, 5.74) is 5.99. The average Bonchev–Trinajstić information content (AvgIpc) is 3.12. The second-order valence-corrected chi connectivity index (χ2v) is 8.81. The number of piperidine rings is 2. The van der Waals surface area contributed by atoms with Crippen molar-refractivity contribution in [3.05, 3.63) is 29.8 Å². The zero-order chi connectivity index (χ0) is 22.9. The van der Waals surface area contributed by atoms with E-state index in [0.717, 1.165) is 25.9 Å². The normalized spacial score (nSPS) is 24.5. The molecule has 4 rings (SSSR count). The summed E-state index contributed by atoms with van der Waals surface area (Å²) in [5.74, 6) is -1.31. The number of imide groups is 1. The number of nitrogens with zero attached hydrogens (tertiary/aromatic N) is 3. The average molecular weight is 443 g/mol. The second-order valence-electron chi connectivity index (χ2n) is 8.81. The molecule has 1 unspecified atom stereocenters. The van der Waals surface area contributed by atoms with Gasteiger partial charge in [-0.3, -0.25) is 24.2 Å². The minimum Gasteiger partial charge on any atom is -0.465 e. The van der Waals surface area contributed by atoms with Crippen molar-refractivity contribution < 1.29 is 23.9 Å². The van der Waals surface area contributed by atoms with E-state index in [1.165, 1.54) is 30.6 Å². The molecule has 3 saturated heterocycles. The van der Waals surface area contributed by atoms with Crippen LogP contribution < -0.4 is 10.6 Å². The van der Waals surface area contributed by atoms with E-state index in [0.29, 0.717) is 37.2 Å². The number of carbonyl (C=O) groups is 4. The zero-order valence-corrected chi connectivity index (χ0v) is 18.4. The maximum absolute atomic E-state index is 13.2. The van der Waals surface area contributed by atoms with Gasteiger partial charge in [0.05, 0.1) is 30.8 Å². The number of amides is 3. The number of likely N-dealkylation sites (tertiary alicyclic amines) is 2. The predicted molar refractivity (Wildman–Crippen MR) is 117 cm³/mol. The maximum Gasteiger partial charge on any atom is 0.337 e. The van der Waals surface area contributed by atoms with E-state index in [-0.39, 0.29) is 24.1 Å². The minimum atomic E-state index is -0.661. The van der Waals surface area contributed by atoms with Crippen molar-refractivity contribution in [2.45, 2.75) is 50.1 Å². The van der Waals surface area contributed by atoms with Crippen LogP contribution in [0, 0.1) is 0 Å². The van der Waals surface area contributed by atoms with Crippen LogP contribution in [0.1, 0.15) is 48.9 Å². The molecule has 3 fully saturated rings. The van der Waals surface area contributed by atoms with Gasteiger partial charge in [0.15, 0.2) is 0 Å². The number of anilines is 1. The summed E-state index contributed by atoms with van der Waals surface area (Å²) in [6.45, 7) is 2.83. The van der Waals surface area contributed by atoms with E-state index >= 15 is 0 Å². The molecule has 32 heavy (non-hydrogen) atoms. The first kappa shape index (κ1) is 22.4. The number of nitrogens with two attached hydrogens (primary N) is 1. The Bertz CT molecular complexity index is 901. The maximum atomic E-state index is 13.2. The van der Waals surface area contributed by atoms with Gasteiger partial charge in [-0.15, -0.1) is 0 Å². The van der Waals surface area contributed by atoms with Crippen LogP contribution in [0.2, 0.25) is 0 Å². The highest BCUT2D eigenvalue weighted by Crippen LogP contribution is 2.34. The van der Waals surface area contributed by atoms with Gasteiger partial charge in [-0.2, -0.15) is 0 Å². The van der Waals surface area contributed by atoms with Crippen LogP contribution in [0.5, 0.6) is 0 Å². The Hall–Kier alpha value is -2.78. The van der Waals surface area contributed by atoms with Gasteiger partial charge in [0.2, 0.25) is 11.8 Å². The summed E-state index contributed by atoms with van der Waals surface area (Å²) in [6.07, 6.45) is 4.54. The van der Waals surface area contributed by atoms with Crippen LogP contribution >= 0.6 is 0 Å². The van der Waals surface area contributed by atoms with Gasteiger partial charge < -0.3 is 10.5 Å². The van der Waals surface area contributed by atoms with Crippen LogP contribution in [-0.4, -0.2) is 78.4 Å². The van der Waals surface area contributed by atoms with Gasteiger partial charge in [-0.05, 0) is 63.0 Å². The Morgan fingerprint density at radius 2 is 1.62 bits per heavy atom. The topological polar surface area (TPSA) is 113 Å². The predicted octanol–water partition coefficient (Wildman–Crippen LogP) is 0.911. The van der Waals surface area contributed by atoms with Gasteiger partial charge >= 0.3 is 5.97 Å². The molecule has 1 atom stereocenters. The molecule has 2 N–H and O–H groups in total. The fraction of sp³-hybridized carbons (Fsp3) is 0.565. The number of rotatable bonds is 5. The van der Waals surface area contributed by atoms with Gasteiger partial charge in [0, 0.05) is 13.1 Å². The summed E-state index contributed by atoms with van der Waals surface area (Å²) in [4.78, 5) is 55.4. The zero-order valence-electron chi connectivity index (χ0n) is 18.4. The van der Waals surface area contributed by atoms with Crippen LogP contribution in [0.25, 0.3) is 0 Å². The third-order valence-corrected chi connectivity index (χ3v) is 7.16. The molecule has 0 spiro atoms. The number of esters is 1. The van der Waals surface area contributed by atoms with Gasteiger partial charge in [0.1, 0.15) is 5.54 Å². The van der Waals surface area contributed by atoms with Crippen LogP contribution in [0.4, 0.5) is 5.69 Å². The van der Waals surface area contributed by atoms with Gasteiger partial charge in [0.25, 0.3) is 5.91 Å². The molecule has 1 aromatic rings. The largest absolute Gasteiger partial charge is 0.465 e. The van der Waals surface area contributed by atoms with E-state index < -0.39 is 17.6 Å². The van der Waals surface area contributed by atoms with Crippen molar-refractivity contribution in [3.8, 4) is 0 Å². The fourth-order valence-electron chi connectivity index (χ4n) is 5.28. The Balaban J connectivity index is 1.45. The number of methoxy groups -OCH3 is 1. The first-order valence-corrected chi connectivity index (χ1v) is 11.2. The molecule has 0 radical (unpaired) electrons. The lowest BCUT2D eigenvalue weighted by Crippen LogP contribution is -2.64. The van der Waals surface area contributed by atoms with Crippen molar-refractivity contribution in [2.75, 3.05) is 38.2 Å². The van der Waals surface area contributed by atoms with Crippen molar-refractivity contribution in [1.29, 1.82) is 0 Å². The molecule has 3 amide bonds. The lowest BCUT2D eigenvalue weighted by Gasteiger charge is -2.48. The van der Waals surface area contributed by atoms with Crippen molar-refractivity contribution in [3.63, 3.8) is 0 Å². The van der Waals surface area contributed by atoms with Crippen molar-refractivity contribution in [2.24, 2.45) is 5.73 Å². The van der Waals surface area contributed by atoms with E-state index in [2.05, 4.69) is 9.64 Å². The van der Waals surface area contributed by atoms with E-state index in [1.54, 1.807) is 12.1 Å². The molecule has 9 heteroatoms. The molecule has 3 aliphatic rings. The lowest BCUT2D eigenvalue weighted by molar-refractivity contribution is -0.136.